The van der Waals surface area contributed by atoms with Crippen LogP contribution in [0.3, 0.4) is 0 Å². The lowest BCUT2D eigenvalue weighted by molar-refractivity contribution is -0.130. The van der Waals surface area contributed by atoms with Gasteiger partial charge < -0.3 is 10.0 Å². The third-order valence-corrected chi connectivity index (χ3v) is 7.54. The molecule has 0 radical (unpaired) electrons. The minimum absolute atomic E-state index is 0.189. The molecular weight excluding hydrogens is 454 g/mol. The lowest BCUT2D eigenvalue weighted by Gasteiger charge is -2.23. The van der Waals surface area contributed by atoms with Crippen molar-refractivity contribution >= 4 is 11.6 Å². The first-order valence-electron chi connectivity index (χ1n) is 12.7. The Hall–Kier alpha value is -3.75. The first kappa shape index (κ1) is 24.0. The topological polar surface area (TPSA) is 101 Å². The molecule has 2 atom stereocenters. The summed E-state index contributed by atoms with van der Waals surface area (Å²) in [6.45, 7) is 9.62. The van der Waals surface area contributed by atoms with E-state index in [2.05, 4.69) is 28.3 Å². The van der Waals surface area contributed by atoms with E-state index in [9.17, 15) is 9.90 Å². The molecule has 3 aromatic heterocycles. The van der Waals surface area contributed by atoms with Gasteiger partial charge >= 0.3 is 0 Å². The second-order valence-corrected chi connectivity index (χ2v) is 9.77. The molecule has 9 nitrogen and oxygen atoms in total. The molecule has 9 heteroatoms. The van der Waals surface area contributed by atoms with E-state index in [4.69, 9.17) is 5.10 Å². The number of aromatic nitrogens is 6. The Balaban J connectivity index is 1.25. The van der Waals surface area contributed by atoms with Gasteiger partial charge in [-0.05, 0) is 87.3 Å². The number of benzene rings is 1. The van der Waals surface area contributed by atoms with Gasteiger partial charge in [0, 0.05) is 25.2 Å². The fourth-order valence-electron chi connectivity index (χ4n) is 5.59. The summed E-state index contributed by atoms with van der Waals surface area (Å²) in [6, 6.07) is 11.3. The maximum atomic E-state index is 13.1. The summed E-state index contributed by atoms with van der Waals surface area (Å²) >= 11 is 0. The maximum Gasteiger partial charge on any atom is 0.222 e. The number of fused-ring (bicyclic) bond motifs is 1. The van der Waals surface area contributed by atoms with Gasteiger partial charge in [0.05, 0.1) is 5.69 Å². The minimum atomic E-state index is 0.189. The molecule has 0 spiro atoms. The van der Waals surface area contributed by atoms with Gasteiger partial charge in [0.15, 0.2) is 17.3 Å². The molecule has 2 unspecified atom stereocenters. The van der Waals surface area contributed by atoms with Crippen LogP contribution in [0.2, 0.25) is 0 Å². The van der Waals surface area contributed by atoms with E-state index in [-0.39, 0.29) is 5.91 Å². The summed E-state index contributed by atoms with van der Waals surface area (Å²) in [6.07, 6.45) is 3.09. The standard InChI is InChI=1S/C27H33N7O2/c1-5-23(20-7-6-8-22(35)15-20)21-13-14-32(16-21)27(36)12-9-24-17(2)30-33(18(24)3)26-11-10-25-29-28-19(4)34(25)31-26/h6-8,10-11,15,21,23,35H,5,9,12-14,16H2,1-4H3. The average molecular weight is 488 g/mol. The van der Waals surface area contributed by atoms with Crippen LogP contribution in [0.5, 0.6) is 5.75 Å². The number of carbonyl (C=O) groups excluding carboxylic acids is 1. The number of hydrogen-bond acceptors (Lipinski definition) is 6. The molecule has 1 fully saturated rings. The zero-order chi connectivity index (χ0) is 25.4. The number of rotatable bonds is 7. The maximum absolute atomic E-state index is 13.1. The molecule has 1 saturated heterocycles. The highest BCUT2D eigenvalue weighted by Crippen LogP contribution is 2.36. The Morgan fingerprint density at radius 3 is 2.75 bits per heavy atom. The smallest absolute Gasteiger partial charge is 0.222 e. The molecular formula is C27H33N7O2. The summed E-state index contributed by atoms with van der Waals surface area (Å²) in [4.78, 5) is 15.2. The van der Waals surface area contributed by atoms with Crippen LogP contribution in [0, 0.1) is 26.7 Å². The third-order valence-electron chi connectivity index (χ3n) is 7.54. The van der Waals surface area contributed by atoms with Crippen molar-refractivity contribution in [2.45, 2.75) is 59.3 Å². The van der Waals surface area contributed by atoms with E-state index in [1.165, 1.54) is 0 Å². The van der Waals surface area contributed by atoms with E-state index in [1.807, 2.05) is 54.6 Å². The molecule has 0 bridgehead atoms. The Morgan fingerprint density at radius 2 is 1.97 bits per heavy atom. The molecule has 0 saturated carbocycles. The van der Waals surface area contributed by atoms with Crippen LogP contribution < -0.4 is 0 Å². The lowest BCUT2D eigenvalue weighted by Crippen LogP contribution is -2.29. The molecule has 1 aromatic carbocycles. The number of aryl methyl sites for hydroxylation is 2. The number of hydrogen-bond donors (Lipinski definition) is 1. The van der Waals surface area contributed by atoms with E-state index >= 15 is 0 Å². The molecule has 0 aliphatic carbocycles. The Morgan fingerprint density at radius 1 is 1.14 bits per heavy atom. The van der Waals surface area contributed by atoms with Crippen LogP contribution in [0.4, 0.5) is 0 Å². The summed E-state index contributed by atoms with van der Waals surface area (Å²) in [5.74, 6) is 2.66. The molecule has 4 heterocycles. The number of aromatic hydroxyl groups is 1. The number of likely N-dealkylation sites (tertiary alicyclic amines) is 1. The van der Waals surface area contributed by atoms with Crippen molar-refractivity contribution in [3.8, 4) is 11.6 Å². The second kappa shape index (κ2) is 9.72. The van der Waals surface area contributed by atoms with Gasteiger partial charge in [-0.1, -0.05) is 19.1 Å². The Bertz CT molecular complexity index is 1410. The van der Waals surface area contributed by atoms with Crippen LogP contribution in [0.25, 0.3) is 11.5 Å². The summed E-state index contributed by atoms with van der Waals surface area (Å²) in [5, 5.41) is 27.4. The van der Waals surface area contributed by atoms with Crippen molar-refractivity contribution in [2.75, 3.05) is 13.1 Å². The largest absolute Gasteiger partial charge is 0.508 e. The number of carbonyl (C=O) groups is 1. The molecule has 36 heavy (non-hydrogen) atoms. The van der Waals surface area contributed by atoms with Gasteiger partial charge in [0.25, 0.3) is 0 Å². The summed E-state index contributed by atoms with van der Waals surface area (Å²) < 4.78 is 3.54. The quantitative estimate of drug-likeness (QED) is 0.424. The molecule has 1 aliphatic heterocycles. The van der Waals surface area contributed by atoms with E-state index in [0.29, 0.717) is 41.9 Å². The molecule has 4 aromatic rings. The summed E-state index contributed by atoms with van der Waals surface area (Å²) in [5.41, 5.74) is 4.85. The van der Waals surface area contributed by atoms with Crippen LogP contribution in [0.1, 0.15) is 60.4 Å². The zero-order valence-electron chi connectivity index (χ0n) is 21.3. The first-order valence-corrected chi connectivity index (χ1v) is 12.7. The third kappa shape index (κ3) is 4.45. The monoisotopic (exact) mass is 487 g/mol. The molecule has 1 N–H and O–H groups in total. The van der Waals surface area contributed by atoms with Crippen LogP contribution >= 0.6 is 0 Å². The minimum Gasteiger partial charge on any atom is -0.508 e. The van der Waals surface area contributed by atoms with Crippen molar-refractivity contribution in [1.82, 2.24) is 34.5 Å². The summed E-state index contributed by atoms with van der Waals surface area (Å²) in [7, 11) is 0. The first-order chi connectivity index (χ1) is 17.4. The molecule has 188 valence electrons. The normalized spacial score (nSPS) is 16.7. The molecule has 5 rings (SSSR count). The Labute approximate surface area is 210 Å². The fraction of sp³-hybridized carbons (Fsp3) is 0.444. The number of amides is 1. The van der Waals surface area contributed by atoms with Crippen LogP contribution in [-0.4, -0.2) is 58.6 Å². The van der Waals surface area contributed by atoms with Gasteiger partial charge in [0.2, 0.25) is 5.91 Å². The predicted molar refractivity (Wildman–Crippen MR) is 136 cm³/mol. The van der Waals surface area contributed by atoms with Crippen LogP contribution in [-0.2, 0) is 11.2 Å². The highest BCUT2D eigenvalue weighted by Gasteiger charge is 2.32. The van der Waals surface area contributed by atoms with Crippen LogP contribution in [0.15, 0.2) is 36.4 Å². The zero-order valence-corrected chi connectivity index (χ0v) is 21.3. The van der Waals surface area contributed by atoms with E-state index < -0.39 is 0 Å². The SMILES string of the molecule is CCC(c1cccc(O)c1)C1CCN(C(=O)CCc2c(C)nn(-c3ccc4nnc(C)n4n3)c2C)C1. The van der Waals surface area contributed by atoms with Gasteiger partial charge in [0.1, 0.15) is 5.75 Å². The lowest BCUT2D eigenvalue weighted by atomic mass is 9.83. The number of phenols is 1. The highest BCUT2D eigenvalue weighted by atomic mass is 16.3. The van der Waals surface area contributed by atoms with Crippen molar-refractivity contribution < 1.29 is 9.90 Å². The van der Waals surface area contributed by atoms with Gasteiger partial charge in [-0.15, -0.1) is 15.3 Å². The molecule has 1 amide bonds. The fourth-order valence-corrected chi connectivity index (χ4v) is 5.59. The Kier molecular flexibility index (Phi) is 6.47. The predicted octanol–water partition coefficient (Wildman–Crippen LogP) is 3.92. The average Bonchev–Trinajstić information content (AvgIpc) is 3.57. The second-order valence-electron chi connectivity index (χ2n) is 9.77. The van der Waals surface area contributed by atoms with Crippen molar-refractivity contribution in [1.29, 1.82) is 0 Å². The van der Waals surface area contributed by atoms with Gasteiger partial charge in [-0.3, -0.25) is 4.79 Å². The van der Waals surface area contributed by atoms with Gasteiger partial charge in [-0.25, -0.2) is 4.68 Å². The van der Waals surface area contributed by atoms with Crippen molar-refractivity contribution in [3.63, 3.8) is 0 Å². The number of nitrogens with zero attached hydrogens (tertiary/aromatic N) is 7. The van der Waals surface area contributed by atoms with Crippen molar-refractivity contribution in [2.24, 2.45) is 5.92 Å². The number of phenolic OH excluding ortho intramolecular Hbond substituents is 1. The van der Waals surface area contributed by atoms with E-state index in [1.54, 1.807) is 10.6 Å². The highest BCUT2D eigenvalue weighted by molar-refractivity contribution is 5.76. The molecule has 1 aliphatic rings. The van der Waals surface area contributed by atoms with Gasteiger partial charge in [-0.2, -0.15) is 9.61 Å². The van der Waals surface area contributed by atoms with Crippen molar-refractivity contribution in [3.05, 3.63) is 64.7 Å². The van der Waals surface area contributed by atoms with E-state index in [0.717, 1.165) is 54.3 Å².